The maximum atomic E-state index is 13.0. The largest absolute Gasteiger partial charge is 0.497 e. The van der Waals surface area contributed by atoms with Crippen LogP contribution in [0.4, 0.5) is 0 Å². The highest BCUT2D eigenvalue weighted by Crippen LogP contribution is 2.16. The molecule has 0 aliphatic heterocycles. The van der Waals surface area contributed by atoms with E-state index in [9.17, 15) is 9.59 Å². The first-order chi connectivity index (χ1) is 17.0. The third-order valence-corrected chi connectivity index (χ3v) is 5.66. The van der Waals surface area contributed by atoms with Crippen molar-refractivity contribution in [1.29, 1.82) is 0 Å². The molecule has 4 aromatic rings. The molecular weight excluding hydrogens is 446 g/mol. The Morgan fingerprint density at radius 2 is 1.89 bits per heavy atom. The zero-order valence-corrected chi connectivity index (χ0v) is 20.1. The van der Waals surface area contributed by atoms with Gasteiger partial charge in [0.1, 0.15) is 17.3 Å². The topological polar surface area (TPSA) is 99.8 Å². The van der Waals surface area contributed by atoms with E-state index in [2.05, 4.69) is 15.5 Å². The standard InChI is InChI=1S/C26H29N5O4/c1-4-35-21-10-8-20(9-11-21)30-12-13-31-23(28-29-25(31)26(30)33)14-18(2)15-24(32)27-17-19-6-5-7-22(16-19)34-3/h5-13,16,18H,4,14-15,17H2,1-3H3,(H,27,32)/t18-/m1/s1. The summed E-state index contributed by atoms with van der Waals surface area (Å²) in [6, 6.07) is 14.9. The van der Waals surface area contributed by atoms with Crippen molar-refractivity contribution in [3.8, 4) is 17.2 Å². The van der Waals surface area contributed by atoms with E-state index in [4.69, 9.17) is 9.47 Å². The number of fused-ring (bicyclic) bond motifs is 1. The predicted molar refractivity (Wildman–Crippen MR) is 132 cm³/mol. The quantitative estimate of drug-likeness (QED) is 0.378. The van der Waals surface area contributed by atoms with Gasteiger partial charge in [-0.05, 0) is 54.8 Å². The van der Waals surface area contributed by atoms with Crippen LogP contribution in [0.2, 0.25) is 0 Å². The van der Waals surface area contributed by atoms with Crippen LogP contribution in [-0.2, 0) is 17.8 Å². The molecule has 0 bridgehead atoms. The van der Waals surface area contributed by atoms with Crippen LogP contribution in [0.25, 0.3) is 11.3 Å². The first-order valence-corrected chi connectivity index (χ1v) is 11.6. The van der Waals surface area contributed by atoms with Crippen LogP contribution >= 0.6 is 0 Å². The zero-order valence-electron chi connectivity index (χ0n) is 20.1. The van der Waals surface area contributed by atoms with E-state index >= 15 is 0 Å². The van der Waals surface area contributed by atoms with Crippen molar-refractivity contribution in [2.45, 2.75) is 33.2 Å². The van der Waals surface area contributed by atoms with Crippen LogP contribution in [0.1, 0.15) is 31.7 Å². The van der Waals surface area contributed by atoms with Gasteiger partial charge in [0, 0.05) is 37.5 Å². The minimum atomic E-state index is -0.265. The smallest absolute Gasteiger partial charge is 0.300 e. The fourth-order valence-electron chi connectivity index (χ4n) is 3.90. The van der Waals surface area contributed by atoms with Crippen LogP contribution < -0.4 is 20.3 Å². The number of ether oxygens (including phenoxy) is 2. The number of rotatable bonds is 10. The van der Waals surface area contributed by atoms with Crippen LogP contribution in [0.5, 0.6) is 11.5 Å². The maximum Gasteiger partial charge on any atom is 0.300 e. The number of carbonyl (C=O) groups is 1. The Hall–Kier alpha value is -4.14. The van der Waals surface area contributed by atoms with Gasteiger partial charge in [-0.2, -0.15) is 0 Å². The molecule has 0 radical (unpaired) electrons. The Morgan fingerprint density at radius 3 is 2.63 bits per heavy atom. The molecule has 35 heavy (non-hydrogen) atoms. The minimum absolute atomic E-state index is 0.0150. The third-order valence-electron chi connectivity index (χ3n) is 5.66. The van der Waals surface area contributed by atoms with E-state index in [1.54, 1.807) is 23.9 Å². The van der Waals surface area contributed by atoms with Gasteiger partial charge in [0.05, 0.1) is 13.7 Å². The number of nitrogens with one attached hydrogen (secondary N) is 1. The summed E-state index contributed by atoms with van der Waals surface area (Å²) in [5.74, 6) is 2.11. The summed E-state index contributed by atoms with van der Waals surface area (Å²) in [7, 11) is 1.61. The van der Waals surface area contributed by atoms with Crippen LogP contribution in [0.3, 0.4) is 0 Å². The van der Waals surface area contributed by atoms with Crippen LogP contribution in [0.15, 0.2) is 65.7 Å². The van der Waals surface area contributed by atoms with Crippen molar-refractivity contribution < 1.29 is 14.3 Å². The summed E-state index contributed by atoms with van der Waals surface area (Å²) in [5.41, 5.74) is 1.66. The van der Waals surface area contributed by atoms with Crippen molar-refractivity contribution >= 4 is 11.6 Å². The molecule has 182 valence electrons. The molecule has 1 atom stereocenters. The van der Waals surface area contributed by atoms with Crippen LogP contribution in [0, 0.1) is 5.92 Å². The number of nitrogens with zero attached hydrogens (tertiary/aromatic N) is 4. The van der Waals surface area contributed by atoms with Crippen molar-refractivity contribution in [3.63, 3.8) is 0 Å². The summed E-state index contributed by atoms with van der Waals surface area (Å²) >= 11 is 0. The molecule has 1 N–H and O–H groups in total. The van der Waals surface area contributed by atoms with Gasteiger partial charge in [0.15, 0.2) is 0 Å². The Morgan fingerprint density at radius 1 is 1.09 bits per heavy atom. The molecule has 0 saturated heterocycles. The monoisotopic (exact) mass is 475 g/mol. The molecule has 9 heteroatoms. The average Bonchev–Trinajstić information content (AvgIpc) is 3.27. The van der Waals surface area contributed by atoms with Gasteiger partial charge in [0.2, 0.25) is 11.6 Å². The lowest BCUT2D eigenvalue weighted by Gasteiger charge is -2.12. The summed E-state index contributed by atoms with van der Waals surface area (Å²) in [4.78, 5) is 25.5. The van der Waals surface area contributed by atoms with Gasteiger partial charge >= 0.3 is 5.56 Å². The molecule has 4 rings (SSSR count). The molecular formula is C26H29N5O4. The molecule has 0 spiro atoms. The fourth-order valence-corrected chi connectivity index (χ4v) is 3.90. The number of amides is 1. The second-order valence-electron chi connectivity index (χ2n) is 8.35. The van der Waals surface area contributed by atoms with Crippen LogP contribution in [-0.4, -0.2) is 38.8 Å². The Labute approximate surface area is 203 Å². The summed E-state index contributed by atoms with van der Waals surface area (Å²) in [6.45, 7) is 4.91. The summed E-state index contributed by atoms with van der Waals surface area (Å²) in [5, 5.41) is 11.3. The number of hydrogen-bond acceptors (Lipinski definition) is 6. The van der Waals surface area contributed by atoms with E-state index in [1.165, 1.54) is 4.57 Å². The maximum absolute atomic E-state index is 13.0. The highest BCUT2D eigenvalue weighted by atomic mass is 16.5. The highest BCUT2D eigenvalue weighted by Gasteiger charge is 2.16. The van der Waals surface area contributed by atoms with E-state index in [0.29, 0.717) is 37.5 Å². The van der Waals surface area contributed by atoms with Gasteiger partial charge in [0.25, 0.3) is 0 Å². The molecule has 0 aliphatic rings. The number of benzene rings is 2. The number of hydrogen-bond donors (Lipinski definition) is 1. The normalized spacial score (nSPS) is 11.9. The van der Waals surface area contributed by atoms with Gasteiger partial charge in [-0.15, -0.1) is 10.2 Å². The highest BCUT2D eigenvalue weighted by molar-refractivity contribution is 5.76. The molecule has 1 amide bonds. The fraction of sp³-hybridized carbons (Fsp3) is 0.308. The second-order valence-corrected chi connectivity index (χ2v) is 8.35. The van der Waals surface area contributed by atoms with E-state index in [0.717, 1.165) is 17.1 Å². The second kappa shape index (κ2) is 10.9. The first-order valence-electron chi connectivity index (χ1n) is 11.6. The number of methoxy groups -OCH3 is 1. The predicted octanol–water partition coefficient (Wildman–Crippen LogP) is 3.17. The van der Waals surface area contributed by atoms with Gasteiger partial charge in [-0.3, -0.25) is 18.6 Å². The lowest BCUT2D eigenvalue weighted by atomic mass is 10.0. The molecule has 0 saturated carbocycles. The first kappa shape index (κ1) is 24.0. The molecule has 2 aromatic heterocycles. The third kappa shape index (κ3) is 5.68. The molecule has 0 unspecified atom stereocenters. The Bertz CT molecular complexity index is 1360. The van der Waals surface area contributed by atoms with Crippen molar-refractivity contribution in [2.24, 2.45) is 5.92 Å². The SMILES string of the molecule is CCOc1ccc(-n2ccn3c(C[C@@H](C)CC(=O)NCc4cccc(OC)c4)nnc3c2=O)cc1. The molecule has 0 fully saturated rings. The van der Waals surface area contributed by atoms with E-state index in [1.807, 2.05) is 62.4 Å². The van der Waals surface area contributed by atoms with Gasteiger partial charge in [-0.25, -0.2) is 0 Å². The van der Waals surface area contributed by atoms with Crippen molar-refractivity contribution in [2.75, 3.05) is 13.7 Å². The Kier molecular flexibility index (Phi) is 7.45. The number of aromatic nitrogens is 4. The molecule has 9 nitrogen and oxygen atoms in total. The lowest BCUT2D eigenvalue weighted by molar-refractivity contribution is -0.122. The zero-order chi connectivity index (χ0) is 24.8. The van der Waals surface area contributed by atoms with E-state index < -0.39 is 0 Å². The molecule has 2 heterocycles. The van der Waals surface area contributed by atoms with Gasteiger partial charge < -0.3 is 14.8 Å². The average molecular weight is 476 g/mol. The summed E-state index contributed by atoms with van der Waals surface area (Å²) < 4.78 is 13.9. The van der Waals surface area contributed by atoms with Gasteiger partial charge in [-0.1, -0.05) is 19.1 Å². The Balaban J connectivity index is 1.40. The molecule has 0 aliphatic carbocycles. The lowest BCUT2D eigenvalue weighted by Crippen LogP contribution is -2.25. The minimum Gasteiger partial charge on any atom is -0.497 e. The summed E-state index contributed by atoms with van der Waals surface area (Å²) in [6.07, 6.45) is 4.32. The number of carbonyl (C=O) groups excluding carboxylic acids is 1. The van der Waals surface area contributed by atoms with E-state index in [-0.39, 0.29) is 23.0 Å². The van der Waals surface area contributed by atoms with Crippen molar-refractivity contribution in [1.82, 2.24) is 24.5 Å². The molecule has 2 aromatic carbocycles. The van der Waals surface area contributed by atoms with Crippen molar-refractivity contribution in [3.05, 3.63) is 82.7 Å².